The van der Waals surface area contributed by atoms with Crippen LogP contribution in [0.1, 0.15) is 309 Å². The van der Waals surface area contributed by atoms with Crippen LogP contribution < -0.4 is 5.32 Å². The Kier molecular flexibility index (Phi) is 53.5. The highest BCUT2D eigenvalue weighted by Gasteiger charge is 2.27. The molecule has 0 rings (SSSR count). The van der Waals surface area contributed by atoms with Crippen LogP contribution in [0.5, 0.6) is 0 Å². The van der Waals surface area contributed by atoms with E-state index in [1.807, 2.05) is 27.2 Å². The maximum absolute atomic E-state index is 13.0. The van der Waals surface area contributed by atoms with Crippen LogP contribution in [0.4, 0.5) is 0 Å². The number of carbonyl (C=O) groups excluding carboxylic acids is 1. The maximum atomic E-state index is 13.0. The van der Waals surface area contributed by atoms with Crippen LogP contribution in [0.25, 0.3) is 0 Å². The van der Waals surface area contributed by atoms with Crippen molar-refractivity contribution in [3.05, 3.63) is 36.5 Å². The van der Waals surface area contributed by atoms with Gasteiger partial charge in [0.1, 0.15) is 13.2 Å². The van der Waals surface area contributed by atoms with Gasteiger partial charge in [-0.15, -0.1) is 0 Å². The molecule has 0 aromatic carbocycles. The first-order valence-corrected chi connectivity index (χ1v) is 32.9. The number of phosphoric ester groups is 1. The molecule has 0 radical (unpaired) electrons. The lowest BCUT2D eigenvalue weighted by molar-refractivity contribution is -0.870. The lowest BCUT2D eigenvalue weighted by Crippen LogP contribution is -2.45. The summed E-state index contributed by atoms with van der Waals surface area (Å²) in [4.78, 5) is 23.3. The van der Waals surface area contributed by atoms with Gasteiger partial charge in [-0.05, 0) is 57.8 Å². The molecule has 3 atom stereocenters. The van der Waals surface area contributed by atoms with Crippen molar-refractivity contribution < 1.29 is 32.9 Å². The summed E-state index contributed by atoms with van der Waals surface area (Å²) in [5.41, 5.74) is 0. The van der Waals surface area contributed by atoms with Gasteiger partial charge in [0, 0.05) is 6.42 Å². The van der Waals surface area contributed by atoms with Crippen molar-refractivity contribution in [3.63, 3.8) is 0 Å². The van der Waals surface area contributed by atoms with E-state index >= 15 is 0 Å². The number of amides is 1. The van der Waals surface area contributed by atoms with E-state index in [4.69, 9.17) is 9.05 Å². The van der Waals surface area contributed by atoms with E-state index in [1.54, 1.807) is 6.08 Å². The molecule has 9 heteroatoms. The van der Waals surface area contributed by atoms with Crippen molar-refractivity contribution >= 4 is 13.7 Å². The fourth-order valence-electron chi connectivity index (χ4n) is 9.41. The number of likely N-dealkylation sites (N-methyl/N-ethyl adjacent to an activating group) is 1. The van der Waals surface area contributed by atoms with Crippen LogP contribution in [-0.4, -0.2) is 73.4 Å². The Morgan fingerprint density at radius 3 is 1.11 bits per heavy atom. The molecule has 0 aliphatic heterocycles. The van der Waals surface area contributed by atoms with Gasteiger partial charge in [-0.3, -0.25) is 13.8 Å². The molecule has 72 heavy (non-hydrogen) atoms. The number of aliphatic hydroxyl groups excluding tert-OH is 1. The van der Waals surface area contributed by atoms with Gasteiger partial charge in [0.25, 0.3) is 0 Å². The third kappa shape index (κ3) is 56.4. The molecule has 0 aromatic rings. The smallest absolute Gasteiger partial charge is 0.387 e. The first kappa shape index (κ1) is 70.7. The minimum atomic E-state index is -4.35. The molecule has 0 saturated heterocycles. The molecule has 0 spiro atoms. The number of quaternary nitrogens is 1. The monoisotopic (exact) mass is 1040 g/mol. The lowest BCUT2D eigenvalue weighted by Gasteiger charge is -2.25. The number of nitrogens with zero attached hydrogens (tertiary/aromatic N) is 1. The molecule has 0 aliphatic rings. The Morgan fingerprint density at radius 2 is 0.764 bits per heavy atom. The number of allylic oxidation sites excluding steroid dienone is 5. The lowest BCUT2D eigenvalue weighted by atomic mass is 10.0. The molecule has 8 nitrogen and oxygen atoms in total. The van der Waals surface area contributed by atoms with E-state index in [-0.39, 0.29) is 19.1 Å². The van der Waals surface area contributed by atoms with E-state index in [1.165, 1.54) is 250 Å². The predicted octanol–water partition coefficient (Wildman–Crippen LogP) is 19.3. The Morgan fingerprint density at radius 1 is 0.458 bits per heavy atom. The highest BCUT2D eigenvalue weighted by molar-refractivity contribution is 7.47. The predicted molar refractivity (Wildman–Crippen MR) is 314 cm³/mol. The van der Waals surface area contributed by atoms with Gasteiger partial charge in [0.2, 0.25) is 5.91 Å². The van der Waals surface area contributed by atoms with Crippen LogP contribution in [0.15, 0.2) is 36.5 Å². The van der Waals surface area contributed by atoms with Gasteiger partial charge in [0.05, 0.1) is 39.9 Å². The number of nitrogens with one attached hydrogen (secondary N) is 1. The summed E-state index contributed by atoms with van der Waals surface area (Å²) < 4.78 is 23.7. The first-order valence-electron chi connectivity index (χ1n) is 31.4. The Bertz CT molecular complexity index is 1270. The average molecular weight is 1040 g/mol. The number of phosphoric acid groups is 1. The van der Waals surface area contributed by atoms with Gasteiger partial charge < -0.3 is 19.8 Å². The number of rotatable bonds is 58. The zero-order valence-electron chi connectivity index (χ0n) is 48.7. The molecule has 0 heterocycles. The highest BCUT2D eigenvalue weighted by Crippen LogP contribution is 2.43. The summed E-state index contributed by atoms with van der Waals surface area (Å²) >= 11 is 0. The molecule has 3 N–H and O–H groups in total. The number of hydrogen-bond donors (Lipinski definition) is 3. The minimum absolute atomic E-state index is 0.0576. The molecule has 0 aliphatic carbocycles. The molecule has 3 unspecified atom stereocenters. The van der Waals surface area contributed by atoms with Crippen LogP contribution in [-0.2, 0) is 18.4 Å². The fourth-order valence-corrected chi connectivity index (χ4v) is 10.1. The summed E-state index contributed by atoms with van der Waals surface area (Å²) in [6.07, 6.45) is 71.3. The van der Waals surface area contributed by atoms with Gasteiger partial charge in [0.15, 0.2) is 0 Å². The summed E-state index contributed by atoms with van der Waals surface area (Å²) in [5, 5.41) is 13.9. The van der Waals surface area contributed by atoms with Gasteiger partial charge in [-0.25, -0.2) is 4.57 Å². The van der Waals surface area contributed by atoms with Crippen molar-refractivity contribution in [2.75, 3.05) is 40.9 Å². The second-order valence-electron chi connectivity index (χ2n) is 22.8. The Hall–Kier alpha value is -1.28. The second kappa shape index (κ2) is 54.5. The zero-order valence-corrected chi connectivity index (χ0v) is 49.6. The number of carbonyl (C=O) groups is 1. The number of aliphatic hydroxyl groups is 1. The van der Waals surface area contributed by atoms with Crippen LogP contribution in [0.2, 0.25) is 0 Å². The Balaban J connectivity index is 4.05. The topological polar surface area (TPSA) is 105 Å². The second-order valence-corrected chi connectivity index (χ2v) is 24.2. The van der Waals surface area contributed by atoms with Gasteiger partial charge in [-0.2, -0.15) is 0 Å². The quantitative estimate of drug-likeness (QED) is 0.0243. The maximum Gasteiger partial charge on any atom is 0.472 e. The standard InChI is InChI=1S/C63H123N2O6P/c1-6-8-10-12-14-16-18-20-22-24-25-26-27-28-29-30-31-32-33-34-35-36-37-38-39-41-43-45-47-49-51-53-55-57-63(67)64-61(60-71-72(68,69)70-59-58-65(3,4)5)62(66)56-54-52-50-48-46-44-42-40-23-21-19-17-15-13-11-9-7-2/h28-29,46,48,54,56,61-62,66H,6-27,30-45,47,49-53,55,57-60H2,1-5H3,(H-,64,67,68,69)/p+1/b29-28-,48-46+,56-54+. The van der Waals surface area contributed by atoms with Crippen molar-refractivity contribution in [2.45, 2.75) is 321 Å². The summed E-state index contributed by atoms with van der Waals surface area (Å²) in [6.45, 7) is 4.83. The third-order valence-corrected chi connectivity index (χ3v) is 15.3. The number of unbranched alkanes of at least 4 members (excludes halogenated alkanes) is 41. The van der Waals surface area contributed by atoms with Gasteiger partial charge in [-0.1, -0.05) is 281 Å². The third-order valence-electron chi connectivity index (χ3n) is 14.3. The molecular weight excluding hydrogens is 912 g/mol. The van der Waals surface area contributed by atoms with Crippen LogP contribution in [0.3, 0.4) is 0 Å². The minimum Gasteiger partial charge on any atom is -0.387 e. The fraction of sp³-hybridized carbons (Fsp3) is 0.889. The molecule has 0 fully saturated rings. The molecular formula is C63H124N2O6P+. The average Bonchev–Trinajstić information content (AvgIpc) is 3.34. The molecule has 0 aromatic heterocycles. The van der Waals surface area contributed by atoms with Crippen LogP contribution in [0, 0.1) is 0 Å². The normalized spacial score (nSPS) is 14.0. The SMILES string of the molecule is CCCCCCCCCCCCC/C=C/CC/C=C/C(O)C(COP(=O)(O)OCC[N+](C)(C)C)NC(=O)CCCCCCCCCCCCCCCCCCC/C=C\CCCCCCCCCCCCCC. The van der Waals surface area contributed by atoms with E-state index in [2.05, 4.69) is 43.5 Å². The first-order chi connectivity index (χ1) is 35.0. The molecule has 0 saturated carbocycles. The van der Waals surface area contributed by atoms with Crippen molar-refractivity contribution in [2.24, 2.45) is 0 Å². The van der Waals surface area contributed by atoms with E-state index in [9.17, 15) is 19.4 Å². The summed E-state index contributed by atoms with van der Waals surface area (Å²) in [5.74, 6) is -0.182. The number of hydrogen-bond acceptors (Lipinski definition) is 5. The zero-order chi connectivity index (χ0) is 52.7. The van der Waals surface area contributed by atoms with E-state index in [0.29, 0.717) is 17.4 Å². The van der Waals surface area contributed by atoms with E-state index in [0.717, 1.165) is 38.5 Å². The molecule has 426 valence electrons. The van der Waals surface area contributed by atoms with E-state index < -0.39 is 20.0 Å². The summed E-state index contributed by atoms with van der Waals surface area (Å²) in [7, 11) is 1.57. The van der Waals surface area contributed by atoms with Gasteiger partial charge >= 0.3 is 7.82 Å². The summed E-state index contributed by atoms with van der Waals surface area (Å²) in [6, 6.07) is -0.862. The molecule has 1 amide bonds. The van der Waals surface area contributed by atoms with Crippen LogP contribution >= 0.6 is 7.82 Å². The Labute approximate surface area is 448 Å². The highest BCUT2D eigenvalue weighted by atomic mass is 31.2. The van der Waals surface area contributed by atoms with Crippen molar-refractivity contribution in [1.29, 1.82) is 0 Å². The molecule has 0 bridgehead atoms. The van der Waals surface area contributed by atoms with Crippen molar-refractivity contribution in [3.8, 4) is 0 Å². The van der Waals surface area contributed by atoms with Crippen molar-refractivity contribution in [1.82, 2.24) is 5.32 Å². The largest absolute Gasteiger partial charge is 0.472 e.